The molecular weight excluding hydrogens is 396 g/mol. The topological polar surface area (TPSA) is 95.3 Å². The van der Waals surface area contributed by atoms with Crippen molar-refractivity contribution in [2.24, 2.45) is 0 Å². The van der Waals surface area contributed by atoms with Crippen molar-refractivity contribution in [3.8, 4) is 0 Å². The molecule has 0 unspecified atom stereocenters. The fourth-order valence-corrected chi connectivity index (χ4v) is 4.13. The van der Waals surface area contributed by atoms with E-state index in [-0.39, 0.29) is 30.2 Å². The van der Waals surface area contributed by atoms with Crippen LogP contribution in [0.3, 0.4) is 0 Å². The summed E-state index contributed by atoms with van der Waals surface area (Å²) < 4.78 is 0. The van der Waals surface area contributed by atoms with Crippen LogP contribution >= 0.6 is 24.2 Å². The molecule has 3 rings (SSSR count). The third-order valence-corrected chi connectivity index (χ3v) is 5.86. The molecule has 1 amide bonds. The lowest BCUT2D eigenvalue weighted by atomic mass is 10.1. The third-order valence-electron chi connectivity index (χ3n) is 4.86. The minimum Gasteiger partial charge on any atom is -0.343 e. The maximum absolute atomic E-state index is 12.2. The molecule has 2 aliphatic heterocycles. The van der Waals surface area contributed by atoms with Gasteiger partial charge in [0.1, 0.15) is 0 Å². The molecule has 0 radical (unpaired) electrons. The average Bonchev–Trinajstić information content (AvgIpc) is 3.23. The molecule has 2 fully saturated rings. The molecule has 0 aliphatic carbocycles. The first-order valence-corrected chi connectivity index (χ1v) is 10.6. The monoisotopic (exact) mass is 424 g/mol. The van der Waals surface area contributed by atoms with Crippen molar-refractivity contribution in [2.75, 3.05) is 37.2 Å². The van der Waals surface area contributed by atoms with E-state index < -0.39 is 0 Å². The summed E-state index contributed by atoms with van der Waals surface area (Å²) in [6.07, 6.45) is 5.67. The van der Waals surface area contributed by atoms with Crippen molar-refractivity contribution < 1.29 is 4.79 Å². The van der Waals surface area contributed by atoms with Gasteiger partial charge in [-0.15, -0.1) is 24.2 Å². The molecule has 7 nitrogen and oxygen atoms in total. The molecule has 9 heteroatoms. The number of piperidine rings is 1. The lowest BCUT2D eigenvalue weighted by molar-refractivity contribution is -0.129. The van der Waals surface area contributed by atoms with Crippen molar-refractivity contribution in [3.05, 3.63) is 24.3 Å². The Bertz CT molecular complexity index is 672. The van der Waals surface area contributed by atoms with Crippen LogP contribution in [0.2, 0.25) is 0 Å². The quantitative estimate of drug-likeness (QED) is 0.338. The summed E-state index contributed by atoms with van der Waals surface area (Å²) in [5.74, 6) is 1.05. The van der Waals surface area contributed by atoms with Gasteiger partial charge in [0.25, 0.3) is 0 Å². The van der Waals surface area contributed by atoms with Gasteiger partial charge < -0.3 is 15.1 Å². The summed E-state index contributed by atoms with van der Waals surface area (Å²) >= 11 is 1.55. The molecule has 2 saturated heterocycles. The number of nitrogens with zero attached hydrogens (tertiary/aromatic N) is 2. The van der Waals surface area contributed by atoms with Crippen LogP contribution in [0, 0.1) is 10.8 Å². The Hall–Kier alpha value is -1.93. The van der Waals surface area contributed by atoms with E-state index in [1.165, 1.54) is 6.42 Å². The van der Waals surface area contributed by atoms with E-state index in [1.54, 1.807) is 11.8 Å². The first-order valence-electron chi connectivity index (χ1n) is 9.58. The molecule has 2 heterocycles. The van der Waals surface area contributed by atoms with Gasteiger partial charge in [0.15, 0.2) is 11.9 Å². The predicted octanol–water partition coefficient (Wildman–Crippen LogP) is 3.18. The molecule has 0 spiro atoms. The van der Waals surface area contributed by atoms with Gasteiger partial charge in [-0.2, -0.15) is 0 Å². The lowest BCUT2D eigenvalue weighted by Gasteiger charge is -2.26. The molecular formula is C19H29ClN6OS. The van der Waals surface area contributed by atoms with Crippen LogP contribution < -0.4 is 10.6 Å². The van der Waals surface area contributed by atoms with Gasteiger partial charge in [0, 0.05) is 36.8 Å². The standard InChI is InChI=1S/C19H28N6OS.ClH/c20-18(23-19(21)25-12-4-5-13-25)22-15-6-8-16(9-7-15)27-14-17(26)24-10-2-1-3-11-24;/h6-9H,1-5,10-14H2,(H4,20,21,22,23);1H. The van der Waals surface area contributed by atoms with Crippen molar-refractivity contribution in [1.29, 1.82) is 10.8 Å². The van der Waals surface area contributed by atoms with Crippen LogP contribution in [0.5, 0.6) is 0 Å². The summed E-state index contributed by atoms with van der Waals surface area (Å²) in [7, 11) is 0. The molecule has 0 saturated carbocycles. The van der Waals surface area contributed by atoms with Crippen LogP contribution in [0.1, 0.15) is 32.1 Å². The number of carbonyl (C=O) groups is 1. The van der Waals surface area contributed by atoms with Gasteiger partial charge in [-0.05, 0) is 56.4 Å². The molecule has 28 heavy (non-hydrogen) atoms. The van der Waals surface area contributed by atoms with E-state index >= 15 is 0 Å². The zero-order valence-electron chi connectivity index (χ0n) is 16.0. The van der Waals surface area contributed by atoms with Gasteiger partial charge in [0.2, 0.25) is 5.91 Å². The second-order valence-corrected chi connectivity index (χ2v) is 7.97. The smallest absolute Gasteiger partial charge is 0.232 e. The molecule has 4 N–H and O–H groups in total. The number of anilines is 1. The molecule has 0 atom stereocenters. The van der Waals surface area contributed by atoms with Crippen molar-refractivity contribution in [2.45, 2.75) is 37.0 Å². The van der Waals surface area contributed by atoms with Crippen LogP contribution in [0.4, 0.5) is 5.69 Å². The van der Waals surface area contributed by atoms with Gasteiger partial charge >= 0.3 is 0 Å². The van der Waals surface area contributed by atoms with E-state index in [1.807, 2.05) is 34.1 Å². The van der Waals surface area contributed by atoms with E-state index in [2.05, 4.69) is 10.6 Å². The number of halogens is 1. The predicted molar refractivity (Wildman–Crippen MR) is 118 cm³/mol. The Morgan fingerprint density at radius 1 is 0.929 bits per heavy atom. The Morgan fingerprint density at radius 3 is 2.14 bits per heavy atom. The fourth-order valence-electron chi connectivity index (χ4n) is 3.33. The minimum atomic E-state index is 0. The first kappa shape index (κ1) is 22.4. The Morgan fingerprint density at radius 2 is 1.50 bits per heavy atom. The Balaban J connectivity index is 0.00000280. The fraction of sp³-hybridized carbons (Fsp3) is 0.526. The molecule has 2 aliphatic rings. The van der Waals surface area contributed by atoms with Crippen molar-refractivity contribution >= 4 is 47.7 Å². The van der Waals surface area contributed by atoms with Crippen LogP contribution in [0.25, 0.3) is 0 Å². The number of amides is 1. The largest absolute Gasteiger partial charge is 0.343 e. The number of thioether (sulfide) groups is 1. The van der Waals surface area contributed by atoms with Gasteiger partial charge in [-0.1, -0.05) is 0 Å². The second kappa shape index (κ2) is 11.2. The first-order chi connectivity index (χ1) is 13.1. The Labute approximate surface area is 177 Å². The number of hydrogen-bond acceptors (Lipinski definition) is 4. The lowest BCUT2D eigenvalue weighted by Crippen LogP contribution is -2.44. The number of guanidine groups is 2. The summed E-state index contributed by atoms with van der Waals surface area (Å²) in [5, 5.41) is 21.7. The molecule has 154 valence electrons. The van der Waals surface area contributed by atoms with Crippen LogP contribution in [-0.2, 0) is 4.79 Å². The van der Waals surface area contributed by atoms with Gasteiger partial charge in [-0.25, -0.2) is 0 Å². The van der Waals surface area contributed by atoms with E-state index in [0.717, 1.165) is 62.4 Å². The second-order valence-electron chi connectivity index (χ2n) is 6.92. The number of hydrogen-bond donors (Lipinski definition) is 4. The number of benzene rings is 1. The van der Waals surface area contributed by atoms with E-state index in [9.17, 15) is 4.79 Å². The number of carbonyl (C=O) groups excluding carboxylic acids is 1. The maximum atomic E-state index is 12.2. The molecule has 1 aromatic carbocycles. The average molecular weight is 425 g/mol. The minimum absolute atomic E-state index is 0. The third kappa shape index (κ3) is 6.60. The maximum Gasteiger partial charge on any atom is 0.232 e. The zero-order valence-corrected chi connectivity index (χ0v) is 17.6. The van der Waals surface area contributed by atoms with Crippen LogP contribution in [-0.4, -0.2) is 59.6 Å². The van der Waals surface area contributed by atoms with E-state index in [4.69, 9.17) is 10.8 Å². The molecule has 1 aromatic rings. The highest BCUT2D eigenvalue weighted by Gasteiger charge is 2.17. The van der Waals surface area contributed by atoms with Crippen molar-refractivity contribution in [1.82, 2.24) is 15.1 Å². The summed E-state index contributed by atoms with van der Waals surface area (Å²) in [5.41, 5.74) is 0.786. The highest BCUT2D eigenvalue weighted by Crippen LogP contribution is 2.21. The SMILES string of the molecule is Cl.N=C(NC(=N)N1CCCC1)Nc1ccc(SCC(=O)N2CCCCC2)cc1. The number of nitrogens with one attached hydrogen (secondary N) is 4. The number of rotatable bonds is 4. The van der Waals surface area contributed by atoms with E-state index in [0.29, 0.717) is 5.75 Å². The van der Waals surface area contributed by atoms with Gasteiger partial charge in [0.05, 0.1) is 5.75 Å². The van der Waals surface area contributed by atoms with Crippen LogP contribution in [0.15, 0.2) is 29.2 Å². The summed E-state index contributed by atoms with van der Waals surface area (Å²) in [6.45, 7) is 3.54. The summed E-state index contributed by atoms with van der Waals surface area (Å²) in [4.78, 5) is 17.2. The Kier molecular flexibility index (Phi) is 8.92. The molecule has 0 bridgehead atoms. The van der Waals surface area contributed by atoms with Gasteiger partial charge in [-0.3, -0.25) is 20.9 Å². The van der Waals surface area contributed by atoms with Crippen molar-refractivity contribution in [3.63, 3.8) is 0 Å². The highest BCUT2D eigenvalue weighted by molar-refractivity contribution is 8.00. The summed E-state index contributed by atoms with van der Waals surface area (Å²) in [6, 6.07) is 7.69. The highest BCUT2D eigenvalue weighted by atomic mass is 35.5. The molecule has 0 aromatic heterocycles. The normalized spacial score (nSPS) is 16.3. The number of likely N-dealkylation sites (tertiary alicyclic amines) is 2. The zero-order chi connectivity index (χ0) is 19.1.